The first-order chi connectivity index (χ1) is 17.1. The zero-order valence-electron chi connectivity index (χ0n) is 20.8. The first-order valence-electron chi connectivity index (χ1n) is 11.7. The summed E-state index contributed by atoms with van der Waals surface area (Å²) in [4.78, 5) is 51.5. The Morgan fingerprint density at radius 1 is 1.19 bits per heavy atom. The van der Waals surface area contributed by atoms with Gasteiger partial charge in [0.2, 0.25) is 11.8 Å². The molecule has 0 aromatic heterocycles. The summed E-state index contributed by atoms with van der Waals surface area (Å²) in [5.41, 5.74) is 1.09. The molecule has 3 rings (SSSR count). The van der Waals surface area contributed by atoms with Gasteiger partial charge in [-0.3, -0.25) is 19.7 Å². The van der Waals surface area contributed by atoms with Crippen LogP contribution in [0.3, 0.4) is 0 Å². The second-order valence-electron chi connectivity index (χ2n) is 9.16. The standard InChI is InChI=1S/C26H31N3O7/c1-16(2)12-22(26(32)35-4)28(23-15-36-24-11-10-19(29(33)34)14-20(23)24)25(31)21(27-17(3)30)13-18-8-6-5-7-9-18/h5-11,14,16,21-23H,12-13,15H2,1-4H3,(H,27,30)/t21?,22-,23+/m0/s1. The van der Waals surface area contributed by atoms with Crippen molar-refractivity contribution >= 4 is 23.5 Å². The molecule has 36 heavy (non-hydrogen) atoms. The second-order valence-corrected chi connectivity index (χ2v) is 9.16. The number of ether oxygens (including phenoxy) is 2. The van der Waals surface area contributed by atoms with Gasteiger partial charge >= 0.3 is 5.97 Å². The van der Waals surface area contributed by atoms with Gasteiger partial charge in [0.1, 0.15) is 24.4 Å². The van der Waals surface area contributed by atoms with Crippen molar-refractivity contribution in [3.05, 3.63) is 69.8 Å². The molecule has 1 aliphatic heterocycles. The number of nitrogens with one attached hydrogen (secondary N) is 1. The van der Waals surface area contributed by atoms with Crippen molar-refractivity contribution in [3.8, 4) is 5.75 Å². The molecule has 2 aromatic carbocycles. The minimum atomic E-state index is -0.992. The van der Waals surface area contributed by atoms with Gasteiger partial charge in [-0.15, -0.1) is 0 Å². The van der Waals surface area contributed by atoms with Crippen LogP contribution in [0.25, 0.3) is 0 Å². The first-order valence-corrected chi connectivity index (χ1v) is 11.7. The van der Waals surface area contributed by atoms with Crippen LogP contribution in [0.15, 0.2) is 48.5 Å². The Labute approximate surface area is 209 Å². The minimum Gasteiger partial charge on any atom is -0.491 e. The molecule has 3 atom stereocenters. The molecule has 0 bridgehead atoms. The zero-order valence-corrected chi connectivity index (χ0v) is 20.8. The number of non-ortho nitro benzene ring substituents is 1. The van der Waals surface area contributed by atoms with Crippen LogP contribution in [0.4, 0.5) is 5.69 Å². The minimum absolute atomic E-state index is 0.00591. The molecule has 0 radical (unpaired) electrons. The van der Waals surface area contributed by atoms with Crippen LogP contribution >= 0.6 is 0 Å². The SMILES string of the molecule is COC(=O)[C@H](CC(C)C)N(C(=O)C(Cc1ccccc1)NC(C)=O)[C@@H]1COc2ccc([N+](=O)[O-])cc21. The van der Waals surface area contributed by atoms with Crippen molar-refractivity contribution in [2.75, 3.05) is 13.7 Å². The van der Waals surface area contributed by atoms with Crippen LogP contribution in [0, 0.1) is 16.0 Å². The van der Waals surface area contributed by atoms with E-state index >= 15 is 0 Å². The van der Waals surface area contributed by atoms with E-state index in [0.29, 0.717) is 11.3 Å². The van der Waals surface area contributed by atoms with Gasteiger partial charge in [-0.05, 0) is 24.0 Å². The Balaban J connectivity index is 2.11. The molecule has 10 nitrogen and oxygen atoms in total. The fourth-order valence-electron chi connectivity index (χ4n) is 4.44. The van der Waals surface area contributed by atoms with Gasteiger partial charge in [0.15, 0.2) is 0 Å². The molecule has 0 fully saturated rings. The van der Waals surface area contributed by atoms with E-state index < -0.39 is 40.8 Å². The van der Waals surface area contributed by atoms with E-state index in [-0.39, 0.29) is 31.1 Å². The van der Waals surface area contributed by atoms with Crippen molar-refractivity contribution in [2.24, 2.45) is 5.92 Å². The molecule has 0 saturated heterocycles. The summed E-state index contributed by atoms with van der Waals surface area (Å²) >= 11 is 0. The molecule has 0 saturated carbocycles. The number of carbonyl (C=O) groups is 3. The molecule has 1 unspecified atom stereocenters. The van der Waals surface area contributed by atoms with Gasteiger partial charge in [0.25, 0.3) is 5.69 Å². The van der Waals surface area contributed by atoms with Crippen molar-refractivity contribution in [1.29, 1.82) is 0 Å². The van der Waals surface area contributed by atoms with Gasteiger partial charge < -0.3 is 19.7 Å². The summed E-state index contributed by atoms with van der Waals surface area (Å²) in [6.07, 6.45) is 0.484. The second kappa shape index (κ2) is 11.7. The van der Waals surface area contributed by atoms with Gasteiger partial charge in [-0.1, -0.05) is 44.2 Å². The molecule has 2 amide bonds. The Kier molecular flexibility index (Phi) is 8.63. The van der Waals surface area contributed by atoms with Crippen molar-refractivity contribution in [2.45, 2.75) is 51.7 Å². The van der Waals surface area contributed by atoms with Crippen LogP contribution in [-0.4, -0.2) is 53.4 Å². The number of nitrogens with zero attached hydrogens (tertiary/aromatic N) is 2. The van der Waals surface area contributed by atoms with E-state index in [2.05, 4.69) is 5.32 Å². The number of rotatable bonds is 10. The molecule has 1 heterocycles. The highest BCUT2D eigenvalue weighted by Crippen LogP contribution is 2.40. The third-order valence-corrected chi connectivity index (χ3v) is 6.01. The van der Waals surface area contributed by atoms with E-state index in [0.717, 1.165) is 5.56 Å². The summed E-state index contributed by atoms with van der Waals surface area (Å²) in [7, 11) is 1.25. The van der Waals surface area contributed by atoms with Gasteiger partial charge in [-0.2, -0.15) is 0 Å². The molecule has 2 aromatic rings. The maximum atomic E-state index is 14.2. The highest BCUT2D eigenvalue weighted by molar-refractivity contribution is 5.91. The summed E-state index contributed by atoms with van der Waals surface area (Å²) in [6, 6.07) is 10.6. The fraction of sp³-hybridized carbons (Fsp3) is 0.423. The van der Waals surface area contributed by atoms with E-state index in [1.165, 1.54) is 37.1 Å². The largest absolute Gasteiger partial charge is 0.491 e. The number of esters is 1. The summed E-state index contributed by atoms with van der Waals surface area (Å²) in [5.74, 6) is -1.10. The predicted octanol–water partition coefficient (Wildman–Crippen LogP) is 3.19. The number of hydrogen-bond donors (Lipinski definition) is 1. The topological polar surface area (TPSA) is 128 Å². The van der Waals surface area contributed by atoms with Gasteiger partial charge in [0.05, 0.1) is 18.1 Å². The van der Waals surface area contributed by atoms with Crippen molar-refractivity contribution < 1.29 is 28.8 Å². The highest BCUT2D eigenvalue weighted by Gasteiger charge is 2.43. The number of nitro benzene ring substituents is 1. The third-order valence-electron chi connectivity index (χ3n) is 6.01. The average Bonchev–Trinajstić information content (AvgIpc) is 3.25. The molecule has 10 heteroatoms. The van der Waals surface area contributed by atoms with Crippen LogP contribution in [-0.2, 0) is 25.5 Å². The fourth-order valence-corrected chi connectivity index (χ4v) is 4.44. The molecule has 1 N–H and O–H groups in total. The number of methoxy groups -OCH3 is 1. The van der Waals surface area contributed by atoms with Gasteiger partial charge in [0, 0.05) is 31.0 Å². The van der Waals surface area contributed by atoms with E-state index in [1.54, 1.807) is 0 Å². The lowest BCUT2D eigenvalue weighted by Gasteiger charge is -2.37. The highest BCUT2D eigenvalue weighted by atomic mass is 16.6. The Hall–Kier alpha value is -3.95. The Morgan fingerprint density at radius 2 is 1.89 bits per heavy atom. The Morgan fingerprint density at radius 3 is 2.47 bits per heavy atom. The lowest BCUT2D eigenvalue weighted by atomic mass is 9.95. The number of amides is 2. The van der Waals surface area contributed by atoms with Gasteiger partial charge in [-0.25, -0.2) is 4.79 Å². The van der Waals surface area contributed by atoms with Crippen molar-refractivity contribution in [3.63, 3.8) is 0 Å². The third kappa shape index (κ3) is 6.18. The van der Waals surface area contributed by atoms with E-state index in [4.69, 9.17) is 9.47 Å². The number of carbonyl (C=O) groups excluding carboxylic acids is 3. The number of fused-ring (bicyclic) bond motifs is 1. The normalized spacial score (nSPS) is 15.9. The van der Waals surface area contributed by atoms with Crippen LogP contribution in [0.5, 0.6) is 5.75 Å². The smallest absolute Gasteiger partial charge is 0.328 e. The van der Waals surface area contributed by atoms with Crippen molar-refractivity contribution in [1.82, 2.24) is 10.2 Å². The molecule has 1 aliphatic rings. The number of benzene rings is 2. The lowest BCUT2D eigenvalue weighted by Crippen LogP contribution is -2.56. The molecule has 0 spiro atoms. The quantitative estimate of drug-likeness (QED) is 0.303. The number of nitro groups is 1. The summed E-state index contributed by atoms with van der Waals surface area (Å²) in [5, 5.41) is 14.2. The number of hydrogen-bond acceptors (Lipinski definition) is 7. The van der Waals surface area contributed by atoms with Crippen LogP contribution in [0.2, 0.25) is 0 Å². The molecule has 0 aliphatic carbocycles. The van der Waals surface area contributed by atoms with E-state index in [1.807, 2.05) is 44.2 Å². The molecular weight excluding hydrogens is 466 g/mol. The maximum Gasteiger partial charge on any atom is 0.328 e. The monoisotopic (exact) mass is 497 g/mol. The molecule has 192 valence electrons. The average molecular weight is 498 g/mol. The lowest BCUT2D eigenvalue weighted by molar-refractivity contribution is -0.384. The maximum absolute atomic E-state index is 14.2. The van der Waals surface area contributed by atoms with E-state index in [9.17, 15) is 24.5 Å². The zero-order chi connectivity index (χ0) is 26.4. The summed E-state index contributed by atoms with van der Waals surface area (Å²) < 4.78 is 10.8. The molecular formula is C26H31N3O7. The predicted molar refractivity (Wildman–Crippen MR) is 131 cm³/mol. The Bertz CT molecular complexity index is 1120. The van der Waals surface area contributed by atoms with Crippen LogP contribution < -0.4 is 10.1 Å². The van der Waals surface area contributed by atoms with Crippen LogP contribution in [0.1, 0.15) is 44.4 Å². The first kappa shape index (κ1) is 26.7. The summed E-state index contributed by atoms with van der Waals surface area (Å²) in [6.45, 7) is 5.15.